The third-order valence-corrected chi connectivity index (χ3v) is 10.1. The van der Waals surface area contributed by atoms with Crippen LogP contribution < -0.4 is 0 Å². The molecule has 0 saturated carbocycles. The average Bonchev–Trinajstić information content (AvgIpc) is 3.74. The van der Waals surface area contributed by atoms with E-state index in [4.69, 9.17) is 9.97 Å². The van der Waals surface area contributed by atoms with Crippen LogP contribution in [0.5, 0.6) is 0 Å². The fourth-order valence-electron chi connectivity index (χ4n) is 7.69. The quantitative estimate of drug-likeness (QED) is 0.188. The zero-order valence-corrected chi connectivity index (χ0v) is 27.3. The van der Waals surface area contributed by atoms with E-state index in [-0.39, 0.29) is 0 Å². The Morgan fingerprint density at radius 1 is 0.420 bits per heavy atom. The van der Waals surface area contributed by atoms with Crippen LogP contribution in [0.1, 0.15) is 11.1 Å². The average molecular weight is 638 g/mol. The number of nitrogens with zero attached hydrogens (tertiary/aromatic N) is 3. The van der Waals surface area contributed by atoms with Gasteiger partial charge >= 0.3 is 0 Å². The molecule has 0 spiro atoms. The molecule has 50 heavy (non-hydrogen) atoms. The predicted octanol–water partition coefficient (Wildman–Crippen LogP) is 11.8. The normalized spacial score (nSPS) is 11.9. The fourth-order valence-corrected chi connectivity index (χ4v) is 7.69. The van der Waals surface area contributed by atoms with E-state index in [9.17, 15) is 0 Å². The summed E-state index contributed by atoms with van der Waals surface area (Å²) in [6, 6.07) is 62.7. The number of aromatic nitrogens is 3. The Hall–Kier alpha value is -6.58. The molecule has 1 aliphatic rings. The van der Waals surface area contributed by atoms with Gasteiger partial charge in [0.2, 0.25) is 0 Å². The molecule has 2 aromatic heterocycles. The van der Waals surface area contributed by atoms with Crippen molar-refractivity contribution in [1.82, 2.24) is 14.5 Å². The predicted molar refractivity (Wildman–Crippen MR) is 206 cm³/mol. The van der Waals surface area contributed by atoms with E-state index in [2.05, 4.69) is 162 Å². The third-order valence-electron chi connectivity index (χ3n) is 10.1. The highest BCUT2D eigenvalue weighted by Gasteiger charge is 2.26. The van der Waals surface area contributed by atoms with E-state index in [1.165, 1.54) is 60.8 Å². The van der Waals surface area contributed by atoms with Crippen LogP contribution in [0.2, 0.25) is 0 Å². The Labute approximate surface area is 290 Å². The minimum Gasteiger partial charge on any atom is -0.309 e. The summed E-state index contributed by atoms with van der Waals surface area (Å²) in [5.41, 5.74) is 16.2. The van der Waals surface area contributed by atoms with Crippen LogP contribution in [0, 0.1) is 0 Å². The standard InChI is InChI=1S/C47H31N3/c1-4-13-33(14-5-1)44-42-30-36-28-27-35(29-41(36)45(42)49-47(48-44)34-15-6-2-7-16-34)31-23-25-32(26-24-31)38-20-12-21-40-39-19-10-11-22-43(39)50(46(38)40)37-17-8-3-9-18-37/h1-29H,30H2. The first-order valence-electron chi connectivity index (χ1n) is 17.1. The van der Waals surface area contributed by atoms with E-state index >= 15 is 0 Å². The summed E-state index contributed by atoms with van der Waals surface area (Å²) in [4.78, 5) is 10.3. The van der Waals surface area contributed by atoms with Crippen LogP contribution in [-0.2, 0) is 6.42 Å². The maximum Gasteiger partial charge on any atom is 0.160 e. The highest BCUT2D eigenvalue weighted by atomic mass is 15.0. The smallest absolute Gasteiger partial charge is 0.160 e. The molecular weight excluding hydrogens is 607 g/mol. The van der Waals surface area contributed by atoms with E-state index in [1.807, 2.05) is 18.2 Å². The summed E-state index contributed by atoms with van der Waals surface area (Å²) in [7, 11) is 0. The molecule has 0 saturated heterocycles. The van der Waals surface area contributed by atoms with Gasteiger partial charge in [-0.3, -0.25) is 0 Å². The van der Waals surface area contributed by atoms with Crippen LogP contribution in [0.3, 0.4) is 0 Å². The summed E-state index contributed by atoms with van der Waals surface area (Å²) < 4.78 is 2.40. The first-order valence-corrected chi connectivity index (χ1v) is 17.1. The highest BCUT2D eigenvalue weighted by molar-refractivity contribution is 6.13. The van der Waals surface area contributed by atoms with E-state index < -0.39 is 0 Å². The lowest BCUT2D eigenvalue weighted by atomic mass is 9.96. The fraction of sp³-hybridized carbons (Fsp3) is 0.0213. The first kappa shape index (κ1) is 28.4. The van der Waals surface area contributed by atoms with Crippen LogP contribution in [-0.4, -0.2) is 14.5 Å². The van der Waals surface area contributed by atoms with Gasteiger partial charge in [-0.1, -0.05) is 152 Å². The Kier molecular flexibility index (Phi) is 6.56. The Balaban J connectivity index is 1.08. The molecule has 234 valence electrons. The van der Waals surface area contributed by atoms with Crippen molar-refractivity contribution < 1.29 is 0 Å². The van der Waals surface area contributed by atoms with Gasteiger partial charge in [-0.25, -0.2) is 9.97 Å². The van der Waals surface area contributed by atoms with Gasteiger partial charge in [-0.05, 0) is 46.5 Å². The van der Waals surface area contributed by atoms with Gasteiger partial charge in [-0.2, -0.15) is 0 Å². The van der Waals surface area contributed by atoms with Crippen LogP contribution in [0.25, 0.3) is 83.6 Å². The van der Waals surface area contributed by atoms with Gasteiger partial charge in [0.05, 0.1) is 22.4 Å². The zero-order chi connectivity index (χ0) is 33.0. The number of benzene rings is 7. The molecule has 0 N–H and O–H groups in total. The maximum atomic E-state index is 5.21. The van der Waals surface area contributed by atoms with Crippen molar-refractivity contribution in [2.45, 2.75) is 6.42 Å². The largest absolute Gasteiger partial charge is 0.309 e. The number of hydrogen-bond acceptors (Lipinski definition) is 2. The van der Waals surface area contributed by atoms with Crippen molar-refractivity contribution in [3.05, 3.63) is 187 Å². The molecule has 0 unspecified atom stereocenters. The summed E-state index contributed by atoms with van der Waals surface area (Å²) >= 11 is 0. The molecule has 0 fully saturated rings. The minimum absolute atomic E-state index is 0.757. The van der Waals surface area contributed by atoms with Gasteiger partial charge < -0.3 is 4.57 Å². The Bertz CT molecular complexity index is 2690. The summed E-state index contributed by atoms with van der Waals surface area (Å²) in [6.45, 7) is 0. The van der Waals surface area contributed by atoms with Crippen molar-refractivity contribution in [2.75, 3.05) is 0 Å². The first-order chi connectivity index (χ1) is 24.8. The molecule has 7 aromatic carbocycles. The highest BCUT2D eigenvalue weighted by Crippen LogP contribution is 2.43. The monoisotopic (exact) mass is 637 g/mol. The Morgan fingerprint density at radius 3 is 1.82 bits per heavy atom. The number of rotatable bonds is 5. The number of para-hydroxylation sites is 3. The topological polar surface area (TPSA) is 30.7 Å². The minimum atomic E-state index is 0.757. The maximum absolute atomic E-state index is 5.21. The van der Waals surface area contributed by atoms with Crippen molar-refractivity contribution in [1.29, 1.82) is 0 Å². The molecule has 0 amide bonds. The molecule has 9 aromatic rings. The van der Waals surface area contributed by atoms with Crippen molar-refractivity contribution >= 4 is 21.8 Å². The van der Waals surface area contributed by atoms with E-state index in [0.717, 1.165) is 40.4 Å². The number of hydrogen-bond donors (Lipinski definition) is 0. The van der Waals surface area contributed by atoms with Crippen LogP contribution in [0.4, 0.5) is 0 Å². The molecule has 10 rings (SSSR count). The second kappa shape index (κ2) is 11.5. The summed E-state index contributed by atoms with van der Waals surface area (Å²) in [5, 5.41) is 2.52. The van der Waals surface area contributed by atoms with Gasteiger partial charge in [0.1, 0.15) is 0 Å². The molecule has 3 heteroatoms. The van der Waals surface area contributed by atoms with Gasteiger partial charge in [0.25, 0.3) is 0 Å². The molecule has 0 aliphatic heterocycles. The van der Waals surface area contributed by atoms with Crippen molar-refractivity contribution in [3.8, 4) is 61.8 Å². The van der Waals surface area contributed by atoms with Crippen molar-refractivity contribution in [2.24, 2.45) is 0 Å². The second-order valence-electron chi connectivity index (χ2n) is 13.0. The lowest BCUT2D eigenvalue weighted by molar-refractivity contribution is 1.13. The SMILES string of the molecule is c1ccc(-c2nc(-c3ccccc3)c3c(n2)-c2cc(-c4ccc(-c5cccc6c7ccccc7n(-c7ccccc7)c56)cc4)ccc2C3)cc1. The van der Waals surface area contributed by atoms with E-state index in [0.29, 0.717) is 0 Å². The molecule has 0 bridgehead atoms. The zero-order valence-electron chi connectivity index (χ0n) is 27.3. The summed E-state index contributed by atoms with van der Waals surface area (Å²) in [5.74, 6) is 0.757. The van der Waals surface area contributed by atoms with Gasteiger partial charge in [0, 0.05) is 50.7 Å². The van der Waals surface area contributed by atoms with Crippen LogP contribution >= 0.6 is 0 Å². The van der Waals surface area contributed by atoms with Crippen molar-refractivity contribution in [3.63, 3.8) is 0 Å². The molecule has 1 aliphatic carbocycles. The molecule has 0 radical (unpaired) electrons. The van der Waals surface area contributed by atoms with Crippen LogP contribution in [0.15, 0.2) is 176 Å². The molecular formula is C47H31N3. The molecule has 2 heterocycles. The lowest BCUT2D eigenvalue weighted by Crippen LogP contribution is -1.99. The lowest BCUT2D eigenvalue weighted by Gasteiger charge is -2.12. The third kappa shape index (κ3) is 4.59. The van der Waals surface area contributed by atoms with Gasteiger partial charge in [-0.15, -0.1) is 0 Å². The second-order valence-corrected chi connectivity index (χ2v) is 13.0. The Morgan fingerprint density at radius 2 is 1.04 bits per heavy atom. The summed E-state index contributed by atoms with van der Waals surface area (Å²) in [6.07, 6.45) is 0.822. The number of fused-ring (bicyclic) bond motifs is 6. The van der Waals surface area contributed by atoms with Gasteiger partial charge in [0.15, 0.2) is 5.82 Å². The molecule has 0 atom stereocenters. The molecule has 3 nitrogen and oxygen atoms in total. The van der Waals surface area contributed by atoms with E-state index in [1.54, 1.807) is 0 Å².